The number of hydrogen-bond acceptors (Lipinski definition) is 5. The fourth-order valence-electron chi connectivity index (χ4n) is 2.54. The van der Waals surface area contributed by atoms with Gasteiger partial charge in [0.05, 0.1) is 17.5 Å². The molecule has 2 aromatic carbocycles. The van der Waals surface area contributed by atoms with Gasteiger partial charge in [-0.3, -0.25) is 10.1 Å². The van der Waals surface area contributed by atoms with E-state index in [0.717, 1.165) is 4.47 Å². The van der Waals surface area contributed by atoms with E-state index in [4.69, 9.17) is 4.74 Å². The Hall–Kier alpha value is -2.98. The Morgan fingerprint density at radius 1 is 1.29 bits per heavy atom. The molecule has 0 aliphatic rings. The van der Waals surface area contributed by atoms with Crippen molar-refractivity contribution in [2.24, 2.45) is 0 Å². The number of aromatic nitrogens is 1. The van der Waals surface area contributed by atoms with Crippen molar-refractivity contribution in [1.29, 1.82) is 5.26 Å². The molecule has 0 N–H and O–H groups in total. The van der Waals surface area contributed by atoms with E-state index in [2.05, 4.69) is 27.0 Å². The molecule has 118 valence electrons. The Balaban J connectivity index is 2.44. The maximum absolute atomic E-state index is 11.1. The van der Waals surface area contributed by atoms with E-state index in [1.54, 1.807) is 18.2 Å². The lowest BCUT2D eigenvalue weighted by molar-refractivity contribution is -0.384. The molecular formula is C17H10BrN3O3. The quantitative estimate of drug-likeness (QED) is 0.492. The third-order valence-corrected chi connectivity index (χ3v) is 4.06. The number of halogens is 1. The van der Waals surface area contributed by atoms with Crippen molar-refractivity contribution in [2.45, 2.75) is 0 Å². The van der Waals surface area contributed by atoms with Crippen LogP contribution in [0.15, 0.2) is 46.9 Å². The highest BCUT2D eigenvalue weighted by Crippen LogP contribution is 2.37. The number of benzene rings is 2. The minimum absolute atomic E-state index is 0.0460. The van der Waals surface area contributed by atoms with Gasteiger partial charge in [-0.1, -0.05) is 28.1 Å². The van der Waals surface area contributed by atoms with Crippen LogP contribution in [-0.4, -0.2) is 17.0 Å². The second kappa shape index (κ2) is 6.26. The van der Waals surface area contributed by atoms with Crippen LogP contribution in [0.1, 0.15) is 5.56 Å². The Morgan fingerprint density at radius 2 is 2.08 bits per heavy atom. The number of ether oxygens (including phenoxy) is 1. The van der Waals surface area contributed by atoms with E-state index in [1.165, 1.54) is 19.2 Å². The molecule has 6 nitrogen and oxygen atoms in total. The summed E-state index contributed by atoms with van der Waals surface area (Å²) in [5.74, 6) is 0.189. The molecular weight excluding hydrogens is 374 g/mol. The summed E-state index contributed by atoms with van der Waals surface area (Å²) in [5.41, 5.74) is 1.95. The fraction of sp³-hybridized carbons (Fsp3) is 0.0588. The molecule has 0 aliphatic carbocycles. The van der Waals surface area contributed by atoms with Gasteiger partial charge in [0.15, 0.2) is 0 Å². The van der Waals surface area contributed by atoms with Crippen molar-refractivity contribution in [1.82, 2.24) is 4.98 Å². The largest absolute Gasteiger partial charge is 0.480 e. The average Bonchev–Trinajstić information content (AvgIpc) is 2.60. The molecule has 0 fully saturated rings. The molecule has 0 spiro atoms. The predicted octanol–water partition coefficient (Wildman–Crippen LogP) is 4.45. The van der Waals surface area contributed by atoms with Crippen molar-refractivity contribution in [3.8, 4) is 23.1 Å². The molecule has 1 aromatic heterocycles. The molecule has 0 amide bonds. The van der Waals surface area contributed by atoms with Gasteiger partial charge in [-0.15, -0.1) is 0 Å². The first-order valence-corrected chi connectivity index (χ1v) is 7.66. The second-order valence-corrected chi connectivity index (χ2v) is 5.87. The van der Waals surface area contributed by atoms with Crippen LogP contribution in [0.3, 0.4) is 0 Å². The van der Waals surface area contributed by atoms with Gasteiger partial charge in [0.25, 0.3) is 5.69 Å². The Kier molecular flexibility index (Phi) is 4.15. The monoisotopic (exact) mass is 383 g/mol. The lowest BCUT2D eigenvalue weighted by Crippen LogP contribution is -1.98. The third-order valence-electron chi connectivity index (χ3n) is 3.56. The summed E-state index contributed by atoms with van der Waals surface area (Å²) in [5, 5.41) is 21.4. The highest BCUT2D eigenvalue weighted by molar-refractivity contribution is 9.10. The molecule has 0 atom stereocenters. The summed E-state index contributed by atoms with van der Waals surface area (Å²) >= 11 is 3.41. The summed E-state index contributed by atoms with van der Waals surface area (Å²) < 4.78 is 6.05. The van der Waals surface area contributed by atoms with Gasteiger partial charge in [0, 0.05) is 27.6 Å². The molecule has 0 aliphatic heterocycles. The second-order valence-electron chi connectivity index (χ2n) is 4.95. The van der Waals surface area contributed by atoms with Gasteiger partial charge >= 0.3 is 0 Å². The van der Waals surface area contributed by atoms with Gasteiger partial charge in [0.2, 0.25) is 5.88 Å². The first-order valence-electron chi connectivity index (χ1n) is 6.87. The molecule has 0 saturated carbocycles. The minimum Gasteiger partial charge on any atom is -0.480 e. The summed E-state index contributed by atoms with van der Waals surface area (Å²) in [6.07, 6.45) is 0. The molecule has 0 bridgehead atoms. The predicted molar refractivity (Wildman–Crippen MR) is 92.8 cm³/mol. The number of nitro groups is 1. The van der Waals surface area contributed by atoms with Crippen LogP contribution in [0.5, 0.6) is 5.88 Å². The van der Waals surface area contributed by atoms with Gasteiger partial charge in [0.1, 0.15) is 11.6 Å². The van der Waals surface area contributed by atoms with Crippen LogP contribution in [0.2, 0.25) is 0 Å². The van der Waals surface area contributed by atoms with Crippen molar-refractivity contribution < 1.29 is 9.66 Å². The Bertz CT molecular complexity index is 1010. The summed E-state index contributed by atoms with van der Waals surface area (Å²) in [6, 6.07) is 13.7. The summed E-state index contributed by atoms with van der Waals surface area (Å²) in [4.78, 5) is 15.0. The van der Waals surface area contributed by atoms with Crippen LogP contribution >= 0.6 is 15.9 Å². The van der Waals surface area contributed by atoms with Gasteiger partial charge in [-0.2, -0.15) is 5.26 Å². The summed E-state index contributed by atoms with van der Waals surface area (Å²) in [6.45, 7) is 0. The lowest BCUT2D eigenvalue weighted by Gasteiger charge is -2.12. The highest BCUT2D eigenvalue weighted by atomic mass is 79.9. The molecule has 1 heterocycles. The smallest absolute Gasteiger partial charge is 0.270 e. The van der Waals surface area contributed by atoms with Crippen molar-refractivity contribution >= 4 is 32.5 Å². The van der Waals surface area contributed by atoms with Crippen molar-refractivity contribution in [2.75, 3.05) is 7.11 Å². The zero-order valence-electron chi connectivity index (χ0n) is 12.5. The van der Waals surface area contributed by atoms with Crippen molar-refractivity contribution in [3.63, 3.8) is 0 Å². The number of nitriles is 1. The first kappa shape index (κ1) is 15.9. The van der Waals surface area contributed by atoms with Crippen LogP contribution < -0.4 is 4.74 Å². The molecule has 0 unspecified atom stereocenters. The zero-order valence-corrected chi connectivity index (χ0v) is 14.1. The SMILES string of the molecule is COc1nc2ccc(Br)cc2c(-c2cccc([N+](=O)[O-])c2)c1C#N. The van der Waals surface area contributed by atoms with E-state index in [-0.39, 0.29) is 17.1 Å². The van der Waals surface area contributed by atoms with Crippen LogP contribution in [-0.2, 0) is 0 Å². The van der Waals surface area contributed by atoms with E-state index in [9.17, 15) is 15.4 Å². The van der Waals surface area contributed by atoms with Crippen molar-refractivity contribution in [3.05, 3.63) is 62.6 Å². The van der Waals surface area contributed by atoms with Crippen LogP contribution in [0.25, 0.3) is 22.0 Å². The number of fused-ring (bicyclic) bond motifs is 1. The molecule has 7 heteroatoms. The topological polar surface area (TPSA) is 89.1 Å². The molecule has 24 heavy (non-hydrogen) atoms. The fourth-order valence-corrected chi connectivity index (χ4v) is 2.90. The molecule has 3 aromatic rings. The number of nitrogens with zero attached hydrogens (tertiary/aromatic N) is 3. The molecule has 0 saturated heterocycles. The Labute approximate surface area is 145 Å². The van der Waals surface area contributed by atoms with E-state index in [0.29, 0.717) is 22.0 Å². The number of non-ortho nitro benzene ring substituents is 1. The normalized spacial score (nSPS) is 10.4. The maximum atomic E-state index is 11.1. The Morgan fingerprint density at radius 3 is 2.75 bits per heavy atom. The van der Waals surface area contributed by atoms with Gasteiger partial charge in [-0.25, -0.2) is 4.98 Å². The molecule has 0 radical (unpaired) electrons. The molecule has 3 rings (SSSR count). The van der Waals surface area contributed by atoms with E-state index in [1.807, 2.05) is 12.1 Å². The zero-order chi connectivity index (χ0) is 17.3. The summed E-state index contributed by atoms with van der Waals surface area (Å²) in [7, 11) is 1.44. The maximum Gasteiger partial charge on any atom is 0.270 e. The van der Waals surface area contributed by atoms with Gasteiger partial charge in [-0.05, 0) is 23.8 Å². The standard InChI is InChI=1S/C17H10BrN3O3/c1-24-17-14(9-19)16(10-3-2-4-12(7-10)21(22)23)13-8-11(18)5-6-15(13)20-17/h2-8H,1H3. The number of hydrogen-bond donors (Lipinski definition) is 0. The first-order chi connectivity index (χ1) is 11.5. The van der Waals surface area contributed by atoms with E-state index >= 15 is 0 Å². The minimum atomic E-state index is -0.466. The highest BCUT2D eigenvalue weighted by Gasteiger charge is 2.19. The number of rotatable bonds is 3. The average molecular weight is 384 g/mol. The third kappa shape index (κ3) is 2.68. The number of methoxy groups -OCH3 is 1. The number of nitro benzene ring substituents is 1. The lowest BCUT2D eigenvalue weighted by atomic mass is 9.96. The number of pyridine rings is 1. The van der Waals surface area contributed by atoms with E-state index < -0.39 is 4.92 Å². The van der Waals surface area contributed by atoms with Gasteiger partial charge < -0.3 is 4.74 Å². The van der Waals surface area contributed by atoms with Crippen LogP contribution in [0, 0.1) is 21.4 Å². The van der Waals surface area contributed by atoms with Crippen LogP contribution in [0.4, 0.5) is 5.69 Å².